The largest absolute Gasteiger partial charge is 0.496 e. The van der Waals surface area contributed by atoms with E-state index < -0.39 is 0 Å². The maximum atomic E-state index is 12.8. The third kappa shape index (κ3) is 4.00. The molecule has 0 bridgehead atoms. The number of methoxy groups -OCH3 is 3. The van der Waals surface area contributed by atoms with Crippen molar-refractivity contribution in [3.8, 4) is 17.2 Å². The van der Waals surface area contributed by atoms with Crippen LogP contribution < -0.4 is 19.9 Å². The van der Waals surface area contributed by atoms with E-state index in [-0.39, 0.29) is 30.3 Å². The van der Waals surface area contributed by atoms with Crippen LogP contribution in [0.2, 0.25) is 0 Å². The lowest BCUT2D eigenvalue weighted by Crippen LogP contribution is -2.48. The zero-order valence-electron chi connectivity index (χ0n) is 14.0. The van der Waals surface area contributed by atoms with Crippen LogP contribution in [0, 0.1) is 5.92 Å². The fourth-order valence-corrected chi connectivity index (χ4v) is 2.71. The van der Waals surface area contributed by atoms with E-state index in [0.29, 0.717) is 35.9 Å². The number of amides is 1. The molecule has 0 radical (unpaired) electrons. The second kappa shape index (κ2) is 8.26. The second-order valence-electron chi connectivity index (χ2n) is 5.59. The topological polar surface area (TPSA) is 74.0 Å². The Hall–Kier alpha value is -1.66. The Morgan fingerprint density at radius 2 is 1.70 bits per heavy atom. The molecule has 0 aliphatic carbocycles. The second-order valence-corrected chi connectivity index (χ2v) is 5.59. The van der Waals surface area contributed by atoms with E-state index in [9.17, 15) is 4.79 Å². The molecule has 6 nitrogen and oxygen atoms in total. The molecule has 0 saturated carbocycles. The van der Waals surface area contributed by atoms with E-state index in [1.54, 1.807) is 26.4 Å². The minimum absolute atomic E-state index is 0. The van der Waals surface area contributed by atoms with Gasteiger partial charge in [-0.2, -0.15) is 0 Å². The molecule has 1 amide bonds. The van der Waals surface area contributed by atoms with Gasteiger partial charge in [0.1, 0.15) is 5.75 Å². The number of ether oxygens (including phenoxy) is 3. The predicted molar refractivity (Wildman–Crippen MR) is 91.0 cm³/mol. The van der Waals surface area contributed by atoms with Gasteiger partial charge >= 0.3 is 0 Å². The van der Waals surface area contributed by atoms with E-state index in [4.69, 9.17) is 19.9 Å². The van der Waals surface area contributed by atoms with Gasteiger partial charge in [-0.05, 0) is 12.3 Å². The van der Waals surface area contributed by atoms with Crippen LogP contribution in [0.5, 0.6) is 17.2 Å². The Bertz CT molecular complexity index is 553. The van der Waals surface area contributed by atoms with Crippen LogP contribution >= 0.6 is 12.4 Å². The molecular weight excluding hydrogens is 320 g/mol. The molecule has 130 valence electrons. The number of hydrogen-bond acceptors (Lipinski definition) is 5. The smallest absolute Gasteiger partial charge is 0.257 e. The molecule has 7 heteroatoms. The van der Waals surface area contributed by atoms with Crippen molar-refractivity contribution in [3.63, 3.8) is 0 Å². The molecule has 1 fully saturated rings. The van der Waals surface area contributed by atoms with Crippen LogP contribution in [0.25, 0.3) is 0 Å². The molecule has 2 unspecified atom stereocenters. The molecule has 1 aliphatic rings. The molecule has 2 N–H and O–H groups in total. The summed E-state index contributed by atoms with van der Waals surface area (Å²) in [4.78, 5) is 14.6. The average molecular weight is 345 g/mol. The van der Waals surface area contributed by atoms with Crippen LogP contribution in [-0.2, 0) is 0 Å². The number of carbonyl (C=O) groups excluding carboxylic acids is 1. The molecule has 2 atom stereocenters. The molecule has 2 rings (SSSR count). The summed E-state index contributed by atoms with van der Waals surface area (Å²) in [7, 11) is 4.62. The van der Waals surface area contributed by atoms with Crippen molar-refractivity contribution >= 4 is 18.3 Å². The Morgan fingerprint density at radius 1 is 1.13 bits per heavy atom. The molecule has 0 aromatic heterocycles. The van der Waals surface area contributed by atoms with Crippen molar-refractivity contribution in [2.24, 2.45) is 11.7 Å². The van der Waals surface area contributed by atoms with Crippen molar-refractivity contribution in [2.45, 2.75) is 19.4 Å². The SMILES string of the molecule is COc1cc(OC)c(C(=O)N2CCC(N)C(C)C2)cc1OC.Cl. The first-order valence-corrected chi connectivity index (χ1v) is 7.36. The Morgan fingerprint density at radius 3 is 2.22 bits per heavy atom. The third-order valence-corrected chi connectivity index (χ3v) is 4.19. The Balaban J connectivity index is 0.00000264. The molecule has 0 spiro atoms. The van der Waals surface area contributed by atoms with Gasteiger partial charge in [0.15, 0.2) is 11.5 Å². The highest BCUT2D eigenvalue weighted by atomic mass is 35.5. The van der Waals surface area contributed by atoms with E-state index in [1.165, 1.54) is 7.11 Å². The number of likely N-dealkylation sites (tertiary alicyclic amines) is 1. The standard InChI is InChI=1S/C16H24N2O4.ClH/c1-10-9-18(6-5-12(10)17)16(19)11-7-14(21-3)15(22-4)8-13(11)20-2;/h7-8,10,12H,5-6,9,17H2,1-4H3;1H. The zero-order valence-corrected chi connectivity index (χ0v) is 14.8. The zero-order chi connectivity index (χ0) is 16.3. The van der Waals surface area contributed by atoms with Crippen LogP contribution in [0.15, 0.2) is 12.1 Å². The van der Waals surface area contributed by atoms with Gasteiger partial charge in [0.05, 0.1) is 26.9 Å². The van der Waals surface area contributed by atoms with Crippen molar-refractivity contribution in [2.75, 3.05) is 34.4 Å². The fourth-order valence-electron chi connectivity index (χ4n) is 2.71. The molecule has 1 aliphatic heterocycles. The van der Waals surface area contributed by atoms with E-state index in [2.05, 4.69) is 6.92 Å². The number of rotatable bonds is 4. The number of hydrogen-bond donors (Lipinski definition) is 1. The van der Waals surface area contributed by atoms with Crippen LogP contribution in [0.3, 0.4) is 0 Å². The normalized spacial score (nSPS) is 20.5. The first-order valence-electron chi connectivity index (χ1n) is 7.36. The highest BCUT2D eigenvalue weighted by molar-refractivity contribution is 5.98. The van der Waals surface area contributed by atoms with Crippen LogP contribution in [0.4, 0.5) is 0 Å². The van der Waals surface area contributed by atoms with E-state index in [1.807, 2.05) is 4.90 Å². The van der Waals surface area contributed by atoms with Crippen LogP contribution in [0.1, 0.15) is 23.7 Å². The number of benzene rings is 1. The minimum Gasteiger partial charge on any atom is -0.496 e. The maximum absolute atomic E-state index is 12.8. The Kier molecular flexibility index (Phi) is 6.97. The van der Waals surface area contributed by atoms with Crippen molar-refractivity contribution < 1.29 is 19.0 Å². The molecule has 1 saturated heterocycles. The summed E-state index contributed by atoms with van der Waals surface area (Å²) < 4.78 is 15.9. The van der Waals surface area contributed by atoms with Gasteiger partial charge < -0.3 is 24.8 Å². The van der Waals surface area contributed by atoms with Gasteiger partial charge in [-0.3, -0.25) is 4.79 Å². The number of nitrogens with zero attached hydrogens (tertiary/aromatic N) is 1. The highest BCUT2D eigenvalue weighted by Crippen LogP contribution is 2.35. The molecule has 1 heterocycles. The first-order chi connectivity index (χ1) is 10.5. The lowest BCUT2D eigenvalue weighted by molar-refractivity contribution is 0.0660. The van der Waals surface area contributed by atoms with Crippen molar-refractivity contribution in [1.29, 1.82) is 0 Å². The number of carbonyl (C=O) groups is 1. The van der Waals surface area contributed by atoms with Gasteiger partial charge in [-0.15, -0.1) is 12.4 Å². The van der Waals surface area contributed by atoms with Gasteiger partial charge in [0.2, 0.25) is 0 Å². The summed E-state index contributed by atoms with van der Waals surface area (Å²) in [6.07, 6.45) is 0.808. The average Bonchev–Trinajstić information content (AvgIpc) is 2.55. The molecular formula is C16H25ClN2O4. The Labute approximate surface area is 143 Å². The maximum Gasteiger partial charge on any atom is 0.257 e. The van der Waals surface area contributed by atoms with E-state index >= 15 is 0 Å². The quantitative estimate of drug-likeness (QED) is 0.903. The number of nitrogens with two attached hydrogens (primary N) is 1. The summed E-state index contributed by atoms with van der Waals surface area (Å²) in [6, 6.07) is 3.49. The minimum atomic E-state index is -0.0726. The van der Waals surface area contributed by atoms with Gasteiger partial charge in [-0.25, -0.2) is 0 Å². The summed E-state index contributed by atoms with van der Waals surface area (Å²) in [6.45, 7) is 3.37. The lowest BCUT2D eigenvalue weighted by atomic mass is 9.94. The summed E-state index contributed by atoms with van der Waals surface area (Å²) in [5, 5.41) is 0. The van der Waals surface area contributed by atoms with Crippen molar-refractivity contribution in [3.05, 3.63) is 17.7 Å². The van der Waals surface area contributed by atoms with Crippen molar-refractivity contribution in [1.82, 2.24) is 4.90 Å². The number of piperidine rings is 1. The predicted octanol–water partition coefficient (Wildman–Crippen LogP) is 1.94. The number of halogens is 1. The van der Waals surface area contributed by atoms with Gasteiger partial charge in [0, 0.05) is 31.3 Å². The monoisotopic (exact) mass is 344 g/mol. The third-order valence-electron chi connectivity index (χ3n) is 4.19. The lowest BCUT2D eigenvalue weighted by Gasteiger charge is -2.35. The van der Waals surface area contributed by atoms with Crippen LogP contribution in [-0.4, -0.2) is 51.3 Å². The molecule has 23 heavy (non-hydrogen) atoms. The molecule has 1 aromatic carbocycles. The van der Waals surface area contributed by atoms with Gasteiger partial charge in [-0.1, -0.05) is 6.92 Å². The summed E-state index contributed by atoms with van der Waals surface area (Å²) in [5.74, 6) is 1.73. The first kappa shape index (κ1) is 19.4. The summed E-state index contributed by atoms with van der Waals surface area (Å²) in [5.41, 5.74) is 6.49. The highest BCUT2D eigenvalue weighted by Gasteiger charge is 2.29. The summed E-state index contributed by atoms with van der Waals surface area (Å²) >= 11 is 0. The molecule has 1 aromatic rings. The van der Waals surface area contributed by atoms with Gasteiger partial charge in [0.25, 0.3) is 5.91 Å². The fraction of sp³-hybridized carbons (Fsp3) is 0.562. The van der Waals surface area contributed by atoms with E-state index in [0.717, 1.165) is 6.42 Å².